The molecule has 5 nitrogen and oxygen atoms in total. The lowest BCUT2D eigenvalue weighted by atomic mass is 10.1. The Bertz CT molecular complexity index is 871. The smallest absolute Gasteiger partial charge is 0.155 e. The van der Waals surface area contributed by atoms with Crippen LogP contribution < -0.4 is 5.73 Å². The van der Waals surface area contributed by atoms with E-state index in [0.717, 1.165) is 5.56 Å². The number of benzene rings is 2. The van der Waals surface area contributed by atoms with Crippen molar-refractivity contribution in [2.75, 3.05) is 5.73 Å². The van der Waals surface area contributed by atoms with Crippen molar-refractivity contribution in [1.29, 1.82) is 0 Å². The van der Waals surface area contributed by atoms with Gasteiger partial charge in [0.2, 0.25) is 0 Å². The monoisotopic (exact) mass is 329 g/mol. The Morgan fingerprint density at radius 3 is 2.48 bits per heavy atom. The first-order chi connectivity index (χ1) is 11.1. The quantitative estimate of drug-likeness (QED) is 0.696. The molecular weight excluding hydrogens is 317 g/mol. The Hall–Kier alpha value is -2.73. The molecule has 0 aliphatic carbocycles. The van der Waals surface area contributed by atoms with Crippen LogP contribution in [0.5, 0.6) is 0 Å². The number of nitrogens with two attached hydrogens (primary N) is 1. The molecule has 2 N–H and O–H groups in total. The molecule has 0 atom stereocenters. The summed E-state index contributed by atoms with van der Waals surface area (Å²) in [6, 6.07) is 13.3. The number of rotatable bonds is 3. The zero-order chi connectivity index (χ0) is 16.4. The fourth-order valence-electron chi connectivity index (χ4n) is 2.06. The Morgan fingerprint density at radius 2 is 1.78 bits per heavy atom. The second-order valence-corrected chi connectivity index (χ2v) is 5.30. The molecule has 0 spiro atoms. The van der Waals surface area contributed by atoms with Crippen LogP contribution in [0.25, 0.3) is 11.3 Å². The van der Waals surface area contributed by atoms with Crippen molar-refractivity contribution < 1.29 is 4.39 Å². The van der Waals surface area contributed by atoms with Gasteiger partial charge in [-0.05, 0) is 24.3 Å². The highest BCUT2D eigenvalue weighted by molar-refractivity contribution is 6.30. The SMILES string of the molecule is Cn1nc(-c2ccc(Cl)cc2)c(N=Nc2ccccc2F)c1N. The molecule has 23 heavy (non-hydrogen) atoms. The molecule has 3 aromatic rings. The number of hydrogen-bond acceptors (Lipinski definition) is 4. The van der Waals surface area contributed by atoms with Gasteiger partial charge < -0.3 is 5.73 Å². The second-order valence-electron chi connectivity index (χ2n) is 4.86. The molecule has 3 rings (SSSR count). The van der Waals surface area contributed by atoms with Gasteiger partial charge in [0.05, 0.1) is 0 Å². The van der Waals surface area contributed by atoms with Crippen LogP contribution in [0.3, 0.4) is 0 Å². The Morgan fingerprint density at radius 1 is 1.09 bits per heavy atom. The number of azo groups is 1. The van der Waals surface area contributed by atoms with E-state index < -0.39 is 5.82 Å². The summed E-state index contributed by atoms with van der Waals surface area (Å²) in [6.07, 6.45) is 0. The molecule has 0 saturated carbocycles. The minimum absolute atomic E-state index is 0.137. The maximum absolute atomic E-state index is 13.6. The third-order valence-corrected chi connectivity index (χ3v) is 3.55. The summed E-state index contributed by atoms with van der Waals surface area (Å²) in [7, 11) is 1.71. The third-order valence-electron chi connectivity index (χ3n) is 3.29. The van der Waals surface area contributed by atoms with Crippen LogP contribution in [0.15, 0.2) is 58.8 Å². The highest BCUT2D eigenvalue weighted by atomic mass is 35.5. The van der Waals surface area contributed by atoms with E-state index in [1.54, 1.807) is 31.3 Å². The molecule has 0 amide bonds. The van der Waals surface area contributed by atoms with Crippen molar-refractivity contribution >= 4 is 28.8 Å². The molecule has 0 saturated heterocycles. The minimum atomic E-state index is -0.452. The third kappa shape index (κ3) is 3.07. The molecule has 0 unspecified atom stereocenters. The van der Waals surface area contributed by atoms with Crippen molar-refractivity contribution in [2.24, 2.45) is 17.3 Å². The molecule has 7 heteroatoms. The summed E-state index contributed by atoms with van der Waals surface area (Å²) in [4.78, 5) is 0. The molecule has 0 radical (unpaired) electrons. The number of aromatic nitrogens is 2. The summed E-state index contributed by atoms with van der Waals surface area (Å²) in [5.41, 5.74) is 7.88. The van der Waals surface area contributed by atoms with Gasteiger partial charge in [-0.2, -0.15) is 5.10 Å². The number of nitrogen functional groups attached to an aromatic ring is 1. The minimum Gasteiger partial charge on any atom is -0.382 e. The standard InChI is InChI=1S/C16H13ClFN5/c1-23-16(19)15(21-20-13-5-3-2-4-12(13)18)14(22-23)10-6-8-11(17)9-7-10/h2-9H,19H2,1H3. The van der Waals surface area contributed by atoms with Gasteiger partial charge in [-0.15, -0.1) is 10.2 Å². The van der Waals surface area contributed by atoms with Crippen LogP contribution in [0.1, 0.15) is 0 Å². The van der Waals surface area contributed by atoms with Gasteiger partial charge in [-0.1, -0.05) is 35.9 Å². The molecule has 0 fully saturated rings. The number of nitrogens with zero attached hydrogens (tertiary/aromatic N) is 4. The normalized spacial score (nSPS) is 11.3. The Balaban J connectivity index is 2.05. The first-order valence-electron chi connectivity index (χ1n) is 6.81. The van der Waals surface area contributed by atoms with Crippen molar-refractivity contribution in [2.45, 2.75) is 0 Å². The summed E-state index contributed by atoms with van der Waals surface area (Å²) < 4.78 is 15.1. The number of anilines is 1. The molecule has 0 aliphatic rings. The van der Waals surface area contributed by atoms with Crippen LogP contribution in [-0.2, 0) is 7.05 Å². The summed E-state index contributed by atoms with van der Waals surface area (Å²) >= 11 is 5.90. The lowest BCUT2D eigenvalue weighted by Gasteiger charge is -1.99. The molecule has 2 aromatic carbocycles. The van der Waals surface area contributed by atoms with Crippen LogP contribution in [0.4, 0.5) is 21.6 Å². The van der Waals surface area contributed by atoms with Gasteiger partial charge >= 0.3 is 0 Å². The average molecular weight is 330 g/mol. The van der Waals surface area contributed by atoms with Gasteiger partial charge in [0.1, 0.15) is 17.2 Å². The molecule has 1 aromatic heterocycles. The highest BCUT2D eigenvalue weighted by Gasteiger charge is 2.15. The fourth-order valence-corrected chi connectivity index (χ4v) is 2.19. The first kappa shape index (κ1) is 15.2. The molecule has 0 bridgehead atoms. The second kappa shape index (κ2) is 6.18. The molecular formula is C16H13ClFN5. The fraction of sp³-hybridized carbons (Fsp3) is 0.0625. The first-order valence-corrected chi connectivity index (χ1v) is 7.18. The Labute approximate surface area is 137 Å². The molecule has 1 heterocycles. The predicted molar refractivity (Wildman–Crippen MR) is 88.6 cm³/mol. The van der Waals surface area contributed by atoms with Gasteiger partial charge in [0, 0.05) is 17.6 Å². The lowest BCUT2D eigenvalue weighted by Crippen LogP contribution is -1.96. The predicted octanol–water partition coefficient (Wildman–Crippen LogP) is 4.88. The lowest BCUT2D eigenvalue weighted by molar-refractivity contribution is 0.628. The van der Waals surface area contributed by atoms with E-state index in [2.05, 4.69) is 15.3 Å². The van der Waals surface area contributed by atoms with Gasteiger partial charge in [-0.25, -0.2) is 4.39 Å². The number of hydrogen-bond donors (Lipinski definition) is 1. The van der Waals surface area contributed by atoms with E-state index in [9.17, 15) is 4.39 Å². The van der Waals surface area contributed by atoms with E-state index in [1.807, 2.05) is 12.1 Å². The van der Waals surface area contributed by atoms with E-state index >= 15 is 0 Å². The van der Waals surface area contributed by atoms with E-state index in [-0.39, 0.29) is 5.69 Å². The van der Waals surface area contributed by atoms with Crippen LogP contribution in [0.2, 0.25) is 5.02 Å². The summed E-state index contributed by atoms with van der Waals surface area (Å²) in [5.74, 6) is -0.109. The molecule has 116 valence electrons. The average Bonchev–Trinajstić information content (AvgIpc) is 2.83. The molecule has 0 aliphatic heterocycles. The number of aryl methyl sites for hydroxylation is 1. The Kier molecular flexibility index (Phi) is 4.08. The van der Waals surface area contributed by atoms with Crippen molar-refractivity contribution in [3.8, 4) is 11.3 Å². The number of halogens is 2. The largest absolute Gasteiger partial charge is 0.382 e. The highest BCUT2D eigenvalue weighted by Crippen LogP contribution is 2.36. The van der Waals surface area contributed by atoms with Crippen molar-refractivity contribution in [3.63, 3.8) is 0 Å². The van der Waals surface area contributed by atoms with Crippen molar-refractivity contribution in [3.05, 3.63) is 59.4 Å². The summed E-state index contributed by atoms with van der Waals surface area (Å²) in [5, 5.41) is 13.0. The zero-order valence-corrected chi connectivity index (χ0v) is 13.0. The maximum atomic E-state index is 13.6. The van der Waals surface area contributed by atoms with E-state index in [0.29, 0.717) is 22.2 Å². The van der Waals surface area contributed by atoms with Gasteiger partial charge in [-0.3, -0.25) is 4.68 Å². The van der Waals surface area contributed by atoms with Crippen LogP contribution in [0, 0.1) is 5.82 Å². The maximum Gasteiger partial charge on any atom is 0.155 e. The summed E-state index contributed by atoms with van der Waals surface area (Å²) in [6.45, 7) is 0. The van der Waals surface area contributed by atoms with Crippen molar-refractivity contribution in [1.82, 2.24) is 9.78 Å². The van der Waals surface area contributed by atoms with Crippen LogP contribution in [-0.4, -0.2) is 9.78 Å². The topological polar surface area (TPSA) is 68.6 Å². The van der Waals surface area contributed by atoms with E-state index in [4.69, 9.17) is 17.3 Å². The van der Waals surface area contributed by atoms with E-state index in [1.165, 1.54) is 16.8 Å². The van der Waals surface area contributed by atoms with Gasteiger partial charge in [0.25, 0.3) is 0 Å². The zero-order valence-electron chi connectivity index (χ0n) is 12.2. The van der Waals surface area contributed by atoms with Crippen LogP contribution >= 0.6 is 11.6 Å². The van der Waals surface area contributed by atoms with Gasteiger partial charge in [0.15, 0.2) is 11.5 Å².